The van der Waals surface area contributed by atoms with E-state index in [2.05, 4.69) is 5.32 Å². The molecule has 144 valence electrons. The van der Waals surface area contributed by atoms with Crippen molar-refractivity contribution in [3.8, 4) is 0 Å². The molecule has 27 heavy (non-hydrogen) atoms. The minimum atomic E-state index is -4.10. The van der Waals surface area contributed by atoms with Gasteiger partial charge in [-0.1, -0.05) is 30.7 Å². The Bertz CT molecular complexity index is 958. The van der Waals surface area contributed by atoms with Crippen molar-refractivity contribution in [2.24, 2.45) is 5.14 Å². The number of carbonyl (C=O) groups is 2. The number of carbonyl (C=O) groups excluding carboxylic acids is 2. The van der Waals surface area contributed by atoms with Gasteiger partial charge >= 0.3 is 5.97 Å². The molecule has 0 unspecified atom stereocenters. The molecule has 0 fully saturated rings. The molecule has 1 atom stereocenters. The lowest BCUT2D eigenvalue weighted by atomic mass is 10.1. The van der Waals surface area contributed by atoms with Crippen molar-refractivity contribution in [2.75, 3.05) is 5.32 Å². The predicted octanol–water partition coefficient (Wildman–Crippen LogP) is 2.73. The molecule has 0 aliphatic heterocycles. The second kappa shape index (κ2) is 8.51. The van der Waals surface area contributed by atoms with E-state index in [1.54, 1.807) is 12.1 Å². The number of rotatable bonds is 6. The summed E-state index contributed by atoms with van der Waals surface area (Å²) < 4.78 is 28.1. The highest BCUT2D eigenvalue weighted by Crippen LogP contribution is 2.22. The number of anilines is 1. The minimum Gasteiger partial charge on any atom is -0.449 e. The maximum absolute atomic E-state index is 12.2. The quantitative estimate of drug-likeness (QED) is 0.710. The van der Waals surface area contributed by atoms with Crippen LogP contribution in [0.25, 0.3) is 0 Å². The van der Waals surface area contributed by atoms with Crippen molar-refractivity contribution < 1.29 is 22.7 Å². The first-order valence-electron chi connectivity index (χ1n) is 8.05. The predicted molar refractivity (Wildman–Crippen MR) is 102 cm³/mol. The first-order chi connectivity index (χ1) is 12.6. The zero-order valence-electron chi connectivity index (χ0n) is 14.7. The molecule has 9 heteroatoms. The highest BCUT2D eigenvalue weighted by molar-refractivity contribution is 7.89. The van der Waals surface area contributed by atoms with Gasteiger partial charge in [0.25, 0.3) is 5.91 Å². The molecule has 0 heterocycles. The first-order valence-corrected chi connectivity index (χ1v) is 9.97. The largest absolute Gasteiger partial charge is 0.449 e. The van der Waals surface area contributed by atoms with E-state index in [4.69, 9.17) is 21.5 Å². The Morgan fingerprint density at radius 3 is 2.37 bits per heavy atom. The van der Waals surface area contributed by atoms with Crippen molar-refractivity contribution in [3.63, 3.8) is 0 Å². The molecule has 0 aliphatic carbocycles. The van der Waals surface area contributed by atoms with Gasteiger partial charge in [0.15, 0.2) is 6.10 Å². The number of primary sulfonamides is 1. The van der Waals surface area contributed by atoms with Gasteiger partial charge in [-0.25, -0.2) is 18.4 Å². The number of nitrogens with two attached hydrogens (primary N) is 1. The van der Waals surface area contributed by atoms with Crippen LogP contribution in [0.4, 0.5) is 5.69 Å². The third-order valence-electron chi connectivity index (χ3n) is 3.76. The van der Waals surface area contributed by atoms with Crippen LogP contribution >= 0.6 is 11.6 Å². The van der Waals surface area contributed by atoms with Crippen LogP contribution in [0.15, 0.2) is 47.4 Å². The Kier molecular flexibility index (Phi) is 6.59. The van der Waals surface area contributed by atoms with Gasteiger partial charge in [-0.3, -0.25) is 4.79 Å². The lowest BCUT2D eigenvalue weighted by molar-refractivity contribution is -0.123. The number of sulfonamides is 1. The summed E-state index contributed by atoms with van der Waals surface area (Å²) in [6, 6.07) is 10.8. The number of halogens is 1. The van der Waals surface area contributed by atoms with Gasteiger partial charge in [0.2, 0.25) is 10.0 Å². The summed E-state index contributed by atoms with van der Waals surface area (Å²) in [5.74, 6) is -1.39. The monoisotopic (exact) mass is 410 g/mol. The zero-order valence-corrected chi connectivity index (χ0v) is 16.3. The van der Waals surface area contributed by atoms with Crippen LogP contribution < -0.4 is 10.5 Å². The molecule has 1 amide bonds. The van der Waals surface area contributed by atoms with Crippen molar-refractivity contribution in [1.29, 1.82) is 0 Å². The highest BCUT2D eigenvalue weighted by atomic mass is 35.5. The van der Waals surface area contributed by atoms with E-state index >= 15 is 0 Å². The average Bonchev–Trinajstić information content (AvgIpc) is 2.61. The Balaban J connectivity index is 2.07. The number of esters is 1. The van der Waals surface area contributed by atoms with E-state index in [1.807, 2.05) is 19.1 Å². The Hall–Kier alpha value is -2.42. The van der Waals surface area contributed by atoms with Gasteiger partial charge in [0, 0.05) is 5.69 Å². The molecule has 3 N–H and O–H groups in total. The third-order valence-corrected chi connectivity index (χ3v) is 5.15. The van der Waals surface area contributed by atoms with Crippen LogP contribution in [0.2, 0.25) is 5.02 Å². The number of aryl methyl sites for hydroxylation is 1. The Morgan fingerprint density at radius 2 is 1.81 bits per heavy atom. The van der Waals surface area contributed by atoms with Gasteiger partial charge in [-0.15, -0.1) is 0 Å². The van der Waals surface area contributed by atoms with Crippen LogP contribution in [0.1, 0.15) is 29.8 Å². The van der Waals surface area contributed by atoms with Crippen molar-refractivity contribution >= 4 is 39.2 Å². The van der Waals surface area contributed by atoms with Gasteiger partial charge in [-0.2, -0.15) is 0 Å². The molecule has 2 aromatic rings. The molecule has 0 bridgehead atoms. The van der Waals surface area contributed by atoms with E-state index in [1.165, 1.54) is 19.1 Å². The van der Waals surface area contributed by atoms with Crippen LogP contribution in [0.5, 0.6) is 0 Å². The van der Waals surface area contributed by atoms with Crippen LogP contribution in [0.3, 0.4) is 0 Å². The molecule has 0 spiro atoms. The molecule has 0 saturated heterocycles. The van der Waals surface area contributed by atoms with Crippen LogP contribution in [-0.4, -0.2) is 26.4 Å². The summed E-state index contributed by atoms with van der Waals surface area (Å²) in [5, 5.41) is 7.58. The second-order valence-electron chi connectivity index (χ2n) is 5.78. The molecule has 7 nitrogen and oxygen atoms in total. The smallest absolute Gasteiger partial charge is 0.338 e. The Morgan fingerprint density at radius 1 is 1.19 bits per heavy atom. The fourth-order valence-corrected chi connectivity index (χ4v) is 3.27. The topological polar surface area (TPSA) is 116 Å². The summed E-state index contributed by atoms with van der Waals surface area (Å²) in [6.07, 6.45) is -0.221. The normalized spacial score (nSPS) is 12.3. The van der Waals surface area contributed by atoms with Gasteiger partial charge in [0.05, 0.1) is 10.6 Å². The number of hydrogen-bond donors (Lipinski definition) is 2. The maximum atomic E-state index is 12.2. The molecule has 0 saturated carbocycles. The van der Waals surface area contributed by atoms with E-state index in [-0.39, 0.29) is 10.6 Å². The molecule has 0 radical (unpaired) electrons. The van der Waals surface area contributed by atoms with Crippen molar-refractivity contribution in [1.82, 2.24) is 0 Å². The second-order valence-corrected chi connectivity index (χ2v) is 7.71. The van der Waals surface area contributed by atoms with Crippen molar-refractivity contribution in [2.45, 2.75) is 31.3 Å². The van der Waals surface area contributed by atoms with Gasteiger partial charge in [-0.05, 0) is 49.2 Å². The summed E-state index contributed by atoms with van der Waals surface area (Å²) in [7, 11) is -4.10. The highest BCUT2D eigenvalue weighted by Gasteiger charge is 2.21. The molecular formula is C18H19ClN2O5S. The number of ether oxygens (including phenoxy) is 1. The summed E-state index contributed by atoms with van der Waals surface area (Å²) in [6.45, 7) is 3.43. The summed E-state index contributed by atoms with van der Waals surface area (Å²) in [4.78, 5) is 24.0. The van der Waals surface area contributed by atoms with Gasteiger partial charge < -0.3 is 10.1 Å². The first kappa shape index (κ1) is 20.9. The molecular weight excluding hydrogens is 392 g/mol. The summed E-state index contributed by atoms with van der Waals surface area (Å²) >= 11 is 5.78. The number of benzene rings is 2. The summed E-state index contributed by atoms with van der Waals surface area (Å²) in [5.41, 5.74) is 1.61. The number of amides is 1. The van der Waals surface area contributed by atoms with Crippen LogP contribution in [0, 0.1) is 0 Å². The van der Waals surface area contributed by atoms with E-state index in [0.717, 1.165) is 18.1 Å². The third kappa shape index (κ3) is 5.53. The minimum absolute atomic E-state index is 0.0876. The fraction of sp³-hybridized carbons (Fsp3) is 0.222. The standard InChI is InChI=1S/C18H19ClN2O5S/c1-3-12-4-7-14(8-5-12)21-17(22)11(2)26-18(23)13-6-9-15(19)16(10-13)27(20,24)25/h4-11H,3H2,1-2H3,(H,21,22)(H2,20,24,25)/t11-/m0/s1. The van der Waals surface area contributed by atoms with Crippen LogP contribution in [-0.2, 0) is 26.0 Å². The average molecular weight is 411 g/mol. The molecule has 0 aromatic heterocycles. The van der Waals surface area contributed by atoms with Gasteiger partial charge in [0.1, 0.15) is 4.90 Å². The van der Waals surface area contributed by atoms with Crippen molar-refractivity contribution in [3.05, 3.63) is 58.6 Å². The zero-order chi connectivity index (χ0) is 20.2. The molecule has 2 rings (SSSR count). The maximum Gasteiger partial charge on any atom is 0.338 e. The fourth-order valence-electron chi connectivity index (χ4n) is 2.20. The lowest BCUT2D eigenvalue weighted by Gasteiger charge is -2.14. The number of nitrogens with one attached hydrogen (secondary N) is 1. The van der Waals surface area contributed by atoms with E-state index in [9.17, 15) is 18.0 Å². The Labute approximate surface area is 162 Å². The SMILES string of the molecule is CCc1ccc(NC(=O)[C@H](C)OC(=O)c2ccc(Cl)c(S(N)(=O)=O)c2)cc1. The number of hydrogen-bond acceptors (Lipinski definition) is 5. The lowest BCUT2D eigenvalue weighted by Crippen LogP contribution is -2.30. The molecule has 0 aliphatic rings. The van der Waals surface area contributed by atoms with E-state index < -0.39 is 32.9 Å². The van der Waals surface area contributed by atoms with E-state index in [0.29, 0.717) is 5.69 Å². The molecule has 2 aromatic carbocycles.